The lowest BCUT2D eigenvalue weighted by Gasteiger charge is -2.52. The van der Waals surface area contributed by atoms with Gasteiger partial charge in [0.05, 0.1) is 33.3 Å². The molecule has 0 spiro atoms. The highest BCUT2D eigenvalue weighted by Gasteiger charge is 2.47. The number of hydrogen-bond acceptors (Lipinski definition) is 4. The van der Waals surface area contributed by atoms with Crippen LogP contribution in [0.15, 0.2) is 60.0 Å². The van der Waals surface area contributed by atoms with Crippen molar-refractivity contribution >= 4 is 17.4 Å². The number of benzene rings is 2. The Morgan fingerprint density at radius 1 is 1.14 bits per heavy atom. The van der Waals surface area contributed by atoms with Crippen LogP contribution in [0.2, 0.25) is 0 Å². The fourth-order valence-corrected chi connectivity index (χ4v) is 6.39. The maximum Gasteiger partial charge on any atom is 0.407 e. The molecule has 1 amide bonds. The maximum atomic E-state index is 13.7. The van der Waals surface area contributed by atoms with Crippen molar-refractivity contribution in [1.82, 2.24) is 5.32 Å². The van der Waals surface area contributed by atoms with Gasteiger partial charge in [-0.05, 0) is 52.4 Å². The summed E-state index contributed by atoms with van der Waals surface area (Å²) in [6.45, 7) is 4.65. The molecule has 4 heterocycles. The maximum absolute atomic E-state index is 13.7. The lowest BCUT2D eigenvalue weighted by molar-refractivity contribution is -0.945. The number of amides is 1. The van der Waals surface area contributed by atoms with Crippen LogP contribution in [0.1, 0.15) is 23.3 Å². The average Bonchev–Trinajstić information content (AvgIpc) is 3.36. The first-order valence-electron chi connectivity index (χ1n) is 12.3. The standard InChI is InChI=1S/C28H31FN2O3S/c1-33-24-7-5-20(6-8-24)9-13-31-14-10-21(11-15-31)26(19-31)34-28(32)30-18-27-25(12-16-35-27)22-3-2-4-23(29)17-22/h2-8,12,16-17,21,26H,9-11,13-15,18-19H2,1H3/p+1. The Morgan fingerprint density at radius 2 is 1.94 bits per heavy atom. The molecule has 3 saturated heterocycles. The Balaban J connectivity index is 1.16. The van der Waals surface area contributed by atoms with Crippen molar-refractivity contribution < 1.29 is 23.1 Å². The summed E-state index contributed by atoms with van der Waals surface area (Å²) in [5.41, 5.74) is 3.07. The van der Waals surface area contributed by atoms with Crippen LogP contribution in [0, 0.1) is 11.7 Å². The van der Waals surface area contributed by atoms with E-state index in [0.29, 0.717) is 12.5 Å². The van der Waals surface area contributed by atoms with Gasteiger partial charge in [-0.25, -0.2) is 9.18 Å². The highest BCUT2D eigenvalue weighted by molar-refractivity contribution is 7.10. The smallest absolute Gasteiger partial charge is 0.407 e. The van der Waals surface area contributed by atoms with Gasteiger partial charge >= 0.3 is 6.09 Å². The number of quaternary nitrogens is 1. The predicted octanol–water partition coefficient (Wildman–Crippen LogP) is 5.64. The molecule has 0 aliphatic carbocycles. The third-order valence-electron chi connectivity index (χ3n) is 7.61. The van der Waals surface area contributed by atoms with E-state index >= 15 is 0 Å². The molecule has 184 valence electrons. The number of carbonyl (C=O) groups excluding carboxylic acids is 1. The second kappa shape index (κ2) is 10.4. The molecule has 3 fully saturated rings. The average molecular weight is 496 g/mol. The second-order valence-corrected chi connectivity index (χ2v) is 10.7. The van der Waals surface area contributed by atoms with Gasteiger partial charge in [0.1, 0.15) is 18.1 Å². The van der Waals surface area contributed by atoms with Crippen LogP contribution >= 0.6 is 11.3 Å². The molecule has 1 N–H and O–H groups in total. The quantitative estimate of drug-likeness (QED) is 0.412. The first-order chi connectivity index (χ1) is 17.0. The number of ether oxygens (including phenoxy) is 2. The lowest BCUT2D eigenvalue weighted by Crippen LogP contribution is -2.65. The molecule has 6 rings (SSSR count). The van der Waals surface area contributed by atoms with Gasteiger partial charge in [0.15, 0.2) is 6.10 Å². The largest absolute Gasteiger partial charge is 0.497 e. The van der Waals surface area contributed by atoms with E-state index in [4.69, 9.17) is 9.47 Å². The molecule has 0 saturated carbocycles. The number of rotatable bonds is 8. The summed E-state index contributed by atoms with van der Waals surface area (Å²) in [6.07, 6.45) is 2.81. The van der Waals surface area contributed by atoms with Gasteiger partial charge in [0.2, 0.25) is 0 Å². The summed E-state index contributed by atoms with van der Waals surface area (Å²) in [5.74, 6) is 1.06. The zero-order chi connectivity index (χ0) is 24.3. The van der Waals surface area contributed by atoms with Crippen LogP contribution in [0.5, 0.6) is 5.75 Å². The third kappa shape index (κ3) is 5.52. The minimum Gasteiger partial charge on any atom is -0.497 e. The zero-order valence-electron chi connectivity index (χ0n) is 20.0. The molecule has 7 heteroatoms. The summed E-state index contributed by atoms with van der Waals surface area (Å²) >= 11 is 1.55. The van der Waals surface area contributed by atoms with Gasteiger partial charge in [-0.15, -0.1) is 11.3 Å². The third-order valence-corrected chi connectivity index (χ3v) is 8.53. The molecule has 35 heavy (non-hydrogen) atoms. The van der Waals surface area contributed by atoms with Crippen molar-refractivity contribution in [2.45, 2.75) is 31.9 Å². The van der Waals surface area contributed by atoms with Crippen LogP contribution in [0.3, 0.4) is 0 Å². The Kier molecular flexibility index (Phi) is 7.07. The van der Waals surface area contributed by atoms with E-state index in [1.807, 2.05) is 29.6 Å². The fraction of sp³-hybridized carbons (Fsp3) is 0.393. The van der Waals surface area contributed by atoms with Crippen molar-refractivity contribution in [1.29, 1.82) is 0 Å². The first-order valence-corrected chi connectivity index (χ1v) is 13.2. The number of hydrogen-bond donors (Lipinski definition) is 1. The van der Waals surface area contributed by atoms with E-state index in [1.54, 1.807) is 24.5 Å². The molecule has 1 atom stereocenters. The number of nitrogens with zero attached hydrogens (tertiary/aromatic N) is 1. The van der Waals surface area contributed by atoms with Crippen LogP contribution < -0.4 is 10.1 Å². The van der Waals surface area contributed by atoms with Gasteiger partial charge < -0.3 is 19.3 Å². The molecule has 3 aliphatic rings. The Labute approximate surface area is 210 Å². The summed E-state index contributed by atoms with van der Waals surface area (Å²) in [4.78, 5) is 13.7. The predicted molar refractivity (Wildman–Crippen MR) is 136 cm³/mol. The van der Waals surface area contributed by atoms with Crippen LogP contribution in [0.4, 0.5) is 9.18 Å². The number of carbonyl (C=O) groups is 1. The Morgan fingerprint density at radius 3 is 2.69 bits per heavy atom. The van der Waals surface area contributed by atoms with Gasteiger partial charge in [-0.3, -0.25) is 0 Å². The van der Waals surface area contributed by atoms with Crippen LogP contribution in [0.25, 0.3) is 11.1 Å². The summed E-state index contributed by atoms with van der Waals surface area (Å²) < 4.78 is 25.9. The second-order valence-electron chi connectivity index (χ2n) is 9.70. The van der Waals surface area contributed by atoms with Gasteiger partial charge in [-0.1, -0.05) is 24.3 Å². The van der Waals surface area contributed by atoms with Crippen molar-refractivity contribution in [2.24, 2.45) is 5.92 Å². The lowest BCUT2D eigenvalue weighted by atomic mass is 9.83. The van der Waals surface area contributed by atoms with Crippen molar-refractivity contribution in [3.63, 3.8) is 0 Å². The minimum absolute atomic E-state index is 0.0422. The molecule has 2 bridgehead atoms. The molecule has 1 aromatic heterocycles. The SMILES string of the molecule is COc1ccc(CC[N+]23CCC(CC2)C(OC(=O)NCc2sccc2-c2cccc(F)c2)C3)cc1. The highest BCUT2D eigenvalue weighted by atomic mass is 32.1. The number of halogens is 1. The normalized spacial score (nSPS) is 23.1. The zero-order valence-corrected chi connectivity index (χ0v) is 20.9. The fourth-order valence-electron chi connectivity index (χ4n) is 5.55. The number of piperidine rings is 3. The minimum atomic E-state index is -0.365. The van der Waals surface area contributed by atoms with E-state index in [-0.39, 0.29) is 18.0 Å². The molecule has 1 unspecified atom stereocenters. The molecular formula is C28H32FN2O3S+. The van der Waals surface area contributed by atoms with Crippen molar-refractivity contribution in [3.8, 4) is 16.9 Å². The number of alkyl carbamates (subject to hydrolysis) is 1. The summed E-state index contributed by atoms with van der Waals surface area (Å²) in [7, 11) is 1.69. The van der Waals surface area contributed by atoms with Gasteiger partial charge in [0.25, 0.3) is 0 Å². The number of nitrogens with one attached hydrogen (secondary N) is 1. The topological polar surface area (TPSA) is 47.6 Å². The molecule has 3 aliphatic heterocycles. The van der Waals surface area contributed by atoms with E-state index < -0.39 is 0 Å². The van der Waals surface area contributed by atoms with E-state index in [2.05, 4.69) is 17.4 Å². The van der Waals surface area contributed by atoms with E-state index in [9.17, 15) is 9.18 Å². The Bertz CT molecular complexity index is 1160. The number of methoxy groups -OCH3 is 1. The number of fused-ring (bicyclic) bond motifs is 3. The molecule has 2 aromatic carbocycles. The van der Waals surface area contributed by atoms with Gasteiger partial charge in [0, 0.05) is 30.1 Å². The molecule has 5 nitrogen and oxygen atoms in total. The molecule has 3 aromatic rings. The summed E-state index contributed by atoms with van der Waals surface area (Å²) in [5, 5.41) is 4.90. The van der Waals surface area contributed by atoms with Crippen molar-refractivity contribution in [2.75, 3.05) is 33.3 Å². The van der Waals surface area contributed by atoms with Crippen molar-refractivity contribution in [3.05, 3.63) is 76.2 Å². The number of thiophene rings is 1. The van der Waals surface area contributed by atoms with E-state index in [1.165, 1.54) is 17.7 Å². The first kappa shape index (κ1) is 23.8. The highest BCUT2D eigenvalue weighted by Crippen LogP contribution is 2.36. The summed E-state index contributed by atoms with van der Waals surface area (Å²) in [6, 6.07) is 16.8. The monoisotopic (exact) mass is 495 g/mol. The molecular weight excluding hydrogens is 463 g/mol. The van der Waals surface area contributed by atoms with Gasteiger partial charge in [-0.2, -0.15) is 0 Å². The molecule has 0 radical (unpaired) electrons. The van der Waals surface area contributed by atoms with Crippen LogP contribution in [-0.2, 0) is 17.7 Å². The Hall–Kier alpha value is -2.90. The van der Waals surface area contributed by atoms with E-state index in [0.717, 1.165) is 71.7 Å². The van der Waals surface area contributed by atoms with Crippen LogP contribution in [-0.4, -0.2) is 50.0 Å².